The first-order chi connectivity index (χ1) is 14.8. The molecule has 3 fully saturated rings. The molecule has 0 spiro atoms. The van der Waals surface area contributed by atoms with E-state index < -0.39 is 0 Å². The van der Waals surface area contributed by atoms with Crippen LogP contribution in [-0.2, 0) is 4.79 Å². The lowest BCUT2D eigenvalue weighted by Crippen LogP contribution is -2.59. The average molecular weight is 443 g/mol. The van der Waals surface area contributed by atoms with E-state index in [1.165, 1.54) is 43.4 Å². The molecular formula is C24H34N4O2S. The Balaban J connectivity index is 1.28. The maximum absolute atomic E-state index is 12.3. The van der Waals surface area contributed by atoms with Crippen LogP contribution in [-0.4, -0.2) is 41.5 Å². The summed E-state index contributed by atoms with van der Waals surface area (Å²) >= 11 is 1.44. The van der Waals surface area contributed by atoms with E-state index in [4.69, 9.17) is 0 Å². The van der Waals surface area contributed by atoms with Gasteiger partial charge in [-0.3, -0.25) is 10.1 Å². The number of likely N-dealkylation sites (N-methyl/N-ethyl adjacent to an activating group) is 1. The predicted molar refractivity (Wildman–Crippen MR) is 123 cm³/mol. The van der Waals surface area contributed by atoms with Crippen molar-refractivity contribution in [3.05, 3.63) is 23.7 Å². The summed E-state index contributed by atoms with van der Waals surface area (Å²) in [4.78, 5) is 30.7. The van der Waals surface area contributed by atoms with Crippen molar-refractivity contribution in [2.75, 3.05) is 18.9 Å². The molecule has 4 aliphatic rings. The van der Waals surface area contributed by atoms with Crippen LogP contribution in [0.2, 0.25) is 0 Å². The lowest BCUT2D eigenvalue weighted by Gasteiger charge is -2.60. The molecule has 0 radical (unpaired) electrons. The molecule has 5 rings (SSSR count). The highest BCUT2D eigenvalue weighted by Crippen LogP contribution is 2.65. The second-order valence-corrected chi connectivity index (χ2v) is 11.5. The minimum Gasteiger partial charge on any atom is -0.338 e. The molecule has 0 unspecified atom stereocenters. The Kier molecular flexibility index (Phi) is 5.15. The molecule has 2 N–H and O–H groups in total. The number of rotatable bonds is 3. The molecule has 6 nitrogen and oxygen atoms in total. The van der Waals surface area contributed by atoms with Crippen molar-refractivity contribution in [2.24, 2.45) is 34.5 Å². The van der Waals surface area contributed by atoms with Crippen LogP contribution in [0.5, 0.6) is 0 Å². The van der Waals surface area contributed by atoms with Crippen LogP contribution in [0.25, 0.3) is 0 Å². The number of carbonyl (C=O) groups excluding carboxylic acids is 2. The van der Waals surface area contributed by atoms with Gasteiger partial charge in [-0.1, -0.05) is 19.9 Å². The third-order valence-electron chi connectivity index (χ3n) is 9.49. The van der Waals surface area contributed by atoms with Crippen molar-refractivity contribution >= 4 is 28.4 Å². The van der Waals surface area contributed by atoms with Crippen LogP contribution in [0, 0.1) is 34.5 Å². The van der Waals surface area contributed by atoms with Gasteiger partial charge in [0.1, 0.15) is 0 Å². The third kappa shape index (κ3) is 3.31. The summed E-state index contributed by atoms with van der Waals surface area (Å²) in [6.45, 7) is 5.61. The number of hydrogen-bond donors (Lipinski definition) is 2. The van der Waals surface area contributed by atoms with E-state index in [2.05, 4.69) is 35.5 Å². The Morgan fingerprint density at radius 3 is 2.84 bits per heavy atom. The maximum atomic E-state index is 12.3. The van der Waals surface area contributed by atoms with Gasteiger partial charge < -0.3 is 10.2 Å². The normalized spacial score (nSPS) is 41.3. The first-order valence-corrected chi connectivity index (χ1v) is 12.6. The van der Waals surface area contributed by atoms with Crippen molar-refractivity contribution in [2.45, 2.75) is 58.4 Å². The van der Waals surface area contributed by atoms with Gasteiger partial charge in [0.15, 0.2) is 5.13 Å². The monoisotopic (exact) mass is 442 g/mol. The fourth-order valence-corrected chi connectivity index (χ4v) is 8.35. The van der Waals surface area contributed by atoms with Crippen molar-refractivity contribution in [1.29, 1.82) is 0 Å². The summed E-state index contributed by atoms with van der Waals surface area (Å²) in [7, 11) is 1.98. The molecule has 3 saturated carbocycles. The second-order valence-electron chi connectivity index (χ2n) is 10.6. The highest BCUT2D eigenvalue weighted by molar-refractivity contribution is 7.13. The smallest absolute Gasteiger partial charge is 0.321 e. The highest BCUT2D eigenvalue weighted by Gasteiger charge is 2.60. The minimum atomic E-state index is -0.149. The van der Waals surface area contributed by atoms with Crippen LogP contribution in [0.1, 0.15) is 52.4 Å². The SMILES string of the molecule is CN1C(=O)C=C[C@]2(C)[C@H]3CC[C@]4(C)[C@@H](CNC(=O)Nc5nccs5)CC[C@H]4[C@@H]3CC[C@@H]12. The number of thiazole rings is 1. The number of hydrogen-bond acceptors (Lipinski definition) is 4. The molecule has 31 heavy (non-hydrogen) atoms. The predicted octanol–water partition coefficient (Wildman–Crippen LogP) is 4.52. The van der Waals surface area contributed by atoms with Gasteiger partial charge in [-0.05, 0) is 73.7 Å². The van der Waals surface area contributed by atoms with Gasteiger partial charge in [-0.2, -0.15) is 0 Å². The van der Waals surface area contributed by atoms with Gasteiger partial charge in [0.25, 0.3) is 0 Å². The number of anilines is 1. The maximum Gasteiger partial charge on any atom is 0.321 e. The molecule has 1 aromatic rings. The van der Waals surface area contributed by atoms with Gasteiger partial charge in [-0.15, -0.1) is 11.3 Å². The van der Waals surface area contributed by atoms with E-state index in [0.717, 1.165) is 18.9 Å². The van der Waals surface area contributed by atoms with E-state index in [1.807, 2.05) is 23.4 Å². The number of fused-ring (bicyclic) bond motifs is 5. The summed E-state index contributed by atoms with van der Waals surface area (Å²) in [5, 5.41) is 8.46. The number of aromatic nitrogens is 1. The third-order valence-corrected chi connectivity index (χ3v) is 10.2. The summed E-state index contributed by atoms with van der Waals surface area (Å²) in [5.74, 6) is 2.77. The van der Waals surface area contributed by atoms with E-state index >= 15 is 0 Å². The first kappa shape index (κ1) is 21.0. The molecule has 7 heteroatoms. The molecule has 7 atom stereocenters. The standard InChI is InChI=1S/C24H34N4O2S/c1-23-10-8-18-16(5-7-19-24(18,2)11-9-20(29)28(19)3)17(23)6-4-15(23)14-26-21(30)27-22-25-12-13-31-22/h9,11-13,15-19H,4-8,10,14H2,1-3H3,(H2,25,26,27,30)/t15-,16+,17+,18+,19-,23-,24-/m1/s1. The molecule has 3 aliphatic carbocycles. The van der Waals surface area contributed by atoms with Crippen molar-refractivity contribution < 1.29 is 9.59 Å². The average Bonchev–Trinajstić information content (AvgIpc) is 3.36. The molecule has 0 bridgehead atoms. The lowest BCUT2D eigenvalue weighted by molar-refractivity contribution is -0.138. The Morgan fingerprint density at radius 2 is 2.06 bits per heavy atom. The van der Waals surface area contributed by atoms with Gasteiger partial charge in [0, 0.05) is 36.6 Å². The topological polar surface area (TPSA) is 74.3 Å². The Bertz CT molecular complexity index is 886. The lowest BCUT2D eigenvalue weighted by atomic mass is 9.47. The van der Waals surface area contributed by atoms with Gasteiger partial charge in [0.2, 0.25) is 5.91 Å². The molecule has 0 saturated heterocycles. The van der Waals surface area contributed by atoms with Crippen molar-refractivity contribution in [3.63, 3.8) is 0 Å². The molecule has 0 aromatic carbocycles. The van der Waals surface area contributed by atoms with Crippen LogP contribution >= 0.6 is 11.3 Å². The summed E-state index contributed by atoms with van der Waals surface area (Å²) in [6, 6.07) is 0.188. The van der Waals surface area contributed by atoms with Gasteiger partial charge in [-0.25, -0.2) is 9.78 Å². The van der Waals surface area contributed by atoms with Crippen LogP contribution in [0.15, 0.2) is 23.7 Å². The van der Waals surface area contributed by atoms with Crippen molar-refractivity contribution in [3.8, 4) is 0 Å². The summed E-state index contributed by atoms with van der Waals surface area (Å²) in [6.07, 6.45) is 13.0. The quantitative estimate of drug-likeness (QED) is 0.723. The second kappa shape index (κ2) is 7.61. The van der Waals surface area contributed by atoms with E-state index in [0.29, 0.717) is 34.3 Å². The van der Waals surface area contributed by atoms with Crippen LogP contribution in [0.4, 0.5) is 9.93 Å². The zero-order valence-electron chi connectivity index (χ0n) is 18.8. The Labute approximate surface area is 188 Å². The van der Waals surface area contributed by atoms with E-state index in [9.17, 15) is 9.59 Å². The largest absolute Gasteiger partial charge is 0.338 e. The number of urea groups is 1. The molecule has 1 aliphatic heterocycles. The molecular weight excluding hydrogens is 408 g/mol. The van der Waals surface area contributed by atoms with E-state index in [-0.39, 0.29) is 17.4 Å². The molecule has 3 amide bonds. The Hall–Kier alpha value is -1.89. The van der Waals surface area contributed by atoms with Crippen LogP contribution < -0.4 is 10.6 Å². The zero-order valence-corrected chi connectivity index (χ0v) is 19.6. The fraction of sp³-hybridized carbons (Fsp3) is 0.708. The number of carbonyl (C=O) groups is 2. The fourth-order valence-electron chi connectivity index (χ4n) is 7.82. The number of nitrogens with zero attached hydrogens (tertiary/aromatic N) is 2. The van der Waals surface area contributed by atoms with Gasteiger partial charge in [0.05, 0.1) is 0 Å². The zero-order chi connectivity index (χ0) is 21.8. The number of nitrogens with one attached hydrogen (secondary N) is 2. The number of amides is 3. The summed E-state index contributed by atoms with van der Waals surface area (Å²) < 4.78 is 0. The highest BCUT2D eigenvalue weighted by atomic mass is 32.1. The van der Waals surface area contributed by atoms with E-state index in [1.54, 1.807) is 6.20 Å². The van der Waals surface area contributed by atoms with Gasteiger partial charge >= 0.3 is 6.03 Å². The van der Waals surface area contributed by atoms with Crippen molar-refractivity contribution in [1.82, 2.24) is 15.2 Å². The first-order valence-electron chi connectivity index (χ1n) is 11.7. The summed E-state index contributed by atoms with van der Waals surface area (Å²) in [5.41, 5.74) is 0.385. The molecule has 1 aromatic heterocycles. The Morgan fingerprint density at radius 1 is 1.23 bits per heavy atom. The molecule has 2 heterocycles. The molecule has 168 valence electrons. The minimum absolute atomic E-state index is 0.0941. The van der Waals surface area contributed by atoms with Crippen LogP contribution in [0.3, 0.4) is 0 Å².